The molecule has 27 heavy (non-hydrogen) atoms. The highest BCUT2D eigenvalue weighted by molar-refractivity contribution is 5.67. The number of ether oxygens (including phenoxy) is 1. The van der Waals surface area contributed by atoms with Crippen molar-refractivity contribution in [2.24, 2.45) is 5.92 Å². The Morgan fingerprint density at radius 2 is 1.89 bits per heavy atom. The summed E-state index contributed by atoms with van der Waals surface area (Å²) in [6, 6.07) is 8.64. The molecule has 0 aromatic heterocycles. The van der Waals surface area contributed by atoms with Crippen LogP contribution in [0.3, 0.4) is 0 Å². The van der Waals surface area contributed by atoms with Gasteiger partial charge in [0.15, 0.2) is 0 Å². The first kappa shape index (κ1) is 19.8. The number of carbonyl (C=O) groups excluding carboxylic acids is 2. The first-order chi connectivity index (χ1) is 13.1. The zero-order valence-corrected chi connectivity index (χ0v) is 16.2. The van der Waals surface area contributed by atoms with Gasteiger partial charge in [0.25, 0.3) is 0 Å². The molecule has 2 heterocycles. The maximum Gasteiger partial charge on any atom is 0.410 e. The van der Waals surface area contributed by atoms with E-state index in [4.69, 9.17) is 4.74 Å². The van der Waals surface area contributed by atoms with Crippen LogP contribution in [0.4, 0.5) is 4.79 Å². The van der Waals surface area contributed by atoms with Gasteiger partial charge >= 0.3 is 6.09 Å². The number of piperazine rings is 1. The summed E-state index contributed by atoms with van der Waals surface area (Å²) in [5.74, 6) is 0.257. The number of aldehydes is 1. The fraction of sp³-hybridized carbons (Fsp3) is 0.619. The molecule has 1 N–H and O–H groups in total. The third-order valence-electron chi connectivity index (χ3n) is 5.55. The molecule has 2 aliphatic heterocycles. The zero-order valence-electron chi connectivity index (χ0n) is 16.2. The number of nitrogens with zero attached hydrogens (tertiary/aromatic N) is 2. The van der Waals surface area contributed by atoms with Crippen molar-refractivity contribution in [2.75, 3.05) is 39.3 Å². The van der Waals surface area contributed by atoms with E-state index in [1.54, 1.807) is 4.90 Å². The van der Waals surface area contributed by atoms with Crippen molar-refractivity contribution in [1.82, 2.24) is 15.1 Å². The predicted molar refractivity (Wildman–Crippen MR) is 105 cm³/mol. The standard InChI is InChI=1S/C21H31N3O3/c1-17-14-24(13-9-22-17)21(26)27-16-20-4-2-18(3-5-20)6-10-23-11-7-19(15-25)8-12-23/h2-5,15,17,19,22H,6-14,16H2,1H3/t17-/m0/s1. The molecule has 2 aliphatic rings. The van der Waals surface area contributed by atoms with Crippen molar-refractivity contribution in [3.8, 4) is 0 Å². The van der Waals surface area contributed by atoms with Crippen LogP contribution in [0.1, 0.15) is 30.9 Å². The maximum absolute atomic E-state index is 12.2. The molecule has 0 radical (unpaired) electrons. The summed E-state index contributed by atoms with van der Waals surface area (Å²) in [4.78, 5) is 27.2. The summed E-state index contributed by atoms with van der Waals surface area (Å²) in [6.45, 7) is 7.66. The Kier molecular flexibility index (Phi) is 7.24. The number of likely N-dealkylation sites (tertiary alicyclic amines) is 1. The Labute approximate surface area is 161 Å². The van der Waals surface area contributed by atoms with E-state index in [1.165, 1.54) is 5.56 Å². The summed E-state index contributed by atoms with van der Waals surface area (Å²) >= 11 is 0. The van der Waals surface area contributed by atoms with Crippen LogP contribution < -0.4 is 5.32 Å². The van der Waals surface area contributed by atoms with Crippen LogP contribution in [0.5, 0.6) is 0 Å². The molecular weight excluding hydrogens is 342 g/mol. The molecule has 2 fully saturated rings. The van der Waals surface area contributed by atoms with Crippen molar-refractivity contribution >= 4 is 12.4 Å². The monoisotopic (exact) mass is 373 g/mol. The topological polar surface area (TPSA) is 61.9 Å². The highest BCUT2D eigenvalue weighted by Crippen LogP contribution is 2.16. The predicted octanol–water partition coefficient (Wildman–Crippen LogP) is 2.07. The Morgan fingerprint density at radius 3 is 2.56 bits per heavy atom. The second kappa shape index (κ2) is 9.85. The Hall–Kier alpha value is -1.92. The minimum Gasteiger partial charge on any atom is -0.445 e. The van der Waals surface area contributed by atoms with E-state index >= 15 is 0 Å². The Bertz CT molecular complexity index is 612. The lowest BCUT2D eigenvalue weighted by molar-refractivity contribution is -0.112. The molecule has 6 nitrogen and oxygen atoms in total. The lowest BCUT2D eigenvalue weighted by Crippen LogP contribution is -2.51. The van der Waals surface area contributed by atoms with E-state index < -0.39 is 0 Å². The van der Waals surface area contributed by atoms with Crippen LogP contribution in [-0.4, -0.2) is 67.5 Å². The average molecular weight is 373 g/mol. The van der Waals surface area contributed by atoms with Gasteiger partial charge in [-0.3, -0.25) is 0 Å². The molecule has 148 valence electrons. The van der Waals surface area contributed by atoms with Crippen LogP contribution in [0.2, 0.25) is 0 Å². The van der Waals surface area contributed by atoms with Crippen molar-refractivity contribution < 1.29 is 14.3 Å². The molecule has 0 bridgehead atoms. The number of benzene rings is 1. The summed E-state index contributed by atoms with van der Waals surface area (Å²) < 4.78 is 5.45. The number of piperidine rings is 1. The van der Waals surface area contributed by atoms with Crippen LogP contribution >= 0.6 is 0 Å². The Balaban J connectivity index is 1.38. The van der Waals surface area contributed by atoms with Crippen molar-refractivity contribution in [3.05, 3.63) is 35.4 Å². The minimum absolute atomic E-state index is 0.230. The normalized spacial score (nSPS) is 21.8. The van der Waals surface area contributed by atoms with E-state index in [0.717, 1.165) is 57.3 Å². The van der Waals surface area contributed by atoms with Gasteiger partial charge in [0.1, 0.15) is 12.9 Å². The van der Waals surface area contributed by atoms with Gasteiger partial charge in [-0.2, -0.15) is 0 Å². The third-order valence-corrected chi connectivity index (χ3v) is 5.55. The number of carbonyl (C=O) groups is 2. The fourth-order valence-corrected chi connectivity index (χ4v) is 3.74. The quantitative estimate of drug-likeness (QED) is 0.774. The molecular formula is C21H31N3O3. The Morgan fingerprint density at radius 1 is 1.19 bits per heavy atom. The molecule has 2 saturated heterocycles. The van der Waals surface area contributed by atoms with Gasteiger partial charge in [0.2, 0.25) is 0 Å². The second-order valence-electron chi connectivity index (χ2n) is 7.74. The van der Waals surface area contributed by atoms with Gasteiger partial charge in [0.05, 0.1) is 0 Å². The number of rotatable bonds is 6. The van der Waals surface area contributed by atoms with E-state index in [1.807, 2.05) is 12.1 Å². The summed E-state index contributed by atoms with van der Waals surface area (Å²) in [6.07, 6.45) is 3.85. The van der Waals surface area contributed by atoms with Crippen molar-refractivity contribution in [3.63, 3.8) is 0 Å². The highest BCUT2D eigenvalue weighted by atomic mass is 16.6. The summed E-state index contributed by atoms with van der Waals surface area (Å²) in [7, 11) is 0. The van der Waals surface area contributed by atoms with Gasteiger partial charge in [0, 0.05) is 38.1 Å². The van der Waals surface area contributed by atoms with Gasteiger partial charge in [-0.05, 0) is 50.4 Å². The number of hydrogen-bond acceptors (Lipinski definition) is 5. The van der Waals surface area contributed by atoms with E-state index in [-0.39, 0.29) is 12.0 Å². The van der Waals surface area contributed by atoms with Crippen molar-refractivity contribution in [2.45, 2.75) is 38.8 Å². The lowest BCUT2D eigenvalue weighted by Gasteiger charge is -2.31. The summed E-state index contributed by atoms with van der Waals surface area (Å²) in [5.41, 5.74) is 2.31. The SMILES string of the molecule is C[C@H]1CN(C(=O)OCc2ccc(CCN3CCC(C=O)CC3)cc2)CCN1. The number of hydrogen-bond donors (Lipinski definition) is 1. The minimum atomic E-state index is -0.230. The van der Waals surface area contributed by atoms with Crippen LogP contribution in [0.25, 0.3) is 0 Å². The van der Waals surface area contributed by atoms with Gasteiger partial charge in [-0.15, -0.1) is 0 Å². The van der Waals surface area contributed by atoms with Crippen LogP contribution in [0, 0.1) is 5.92 Å². The zero-order chi connectivity index (χ0) is 19.1. The van der Waals surface area contributed by atoms with E-state index in [2.05, 4.69) is 29.3 Å². The smallest absolute Gasteiger partial charge is 0.410 e. The first-order valence-corrected chi connectivity index (χ1v) is 10.0. The van der Waals surface area contributed by atoms with E-state index in [9.17, 15) is 9.59 Å². The molecule has 0 aliphatic carbocycles. The molecule has 3 rings (SSSR count). The molecule has 6 heteroatoms. The molecule has 1 atom stereocenters. The number of nitrogens with one attached hydrogen (secondary N) is 1. The molecule has 1 aromatic rings. The molecule has 0 saturated carbocycles. The molecule has 1 amide bonds. The lowest BCUT2D eigenvalue weighted by atomic mass is 9.98. The molecule has 0 unspecified atom stereocenters. The van der Waals surface area contributed by atoms with Crippen molar-refractivity contribution in [1.29, 1.82) is 0 Å². The third kappa shape index (κ3) is 6.04. The number of amides is 1. The fourth-order valence-electron chi connectivity index (χ4n) is 3.74. The second-order valence-corrected chi connectivity index (χ2v) is 7.74. The maximum atomic E-state index is 12.2. The molecule has 1 aromatic carbocycles. The molecule has 0 spiro atoms. The van der Waals surface area contributed by atoms with Crippen LogP contribution in [0.15, 0.2) is 24.3 Å². The van der Waals surface area contributed by atoms with Gasteiger partial charge in [-0.1, -0.05) is 24.3 Å². The average Bonchev–Trinajstić information content (AvgIpc) is 2.71. The van der Waals surface area contributed by atoms with Crippen LogP contribution in [-0.2, 0) is 22.6 Å². The first-order valence-electron chi connectivity index (χ1n) is 10.0. The summed E-state index contributed by atoms with van der Waals surface area (Å²) in [5, 5.41) is 3.32. The van der Waals surface area contributed by atoms with Gasteiger partial charge < -0.3 is 24.6 Å². The van der Waals surface area contributed by atoms with Gasteiger partial charge in [-0.25, -0.2) is 4.79 Å². The largest absolute Gasteiger partial charge is 0.445 e. The highest BCUT2D eigenvalue weighted by Gasteiger charge is 2.21. The van der Waals surface area contributed by atoms with E-state index in [0.29, 0.717) is 25.7 Å².